The molecule has 22 heavy (non-hydrogen) atoms. The van der Waals surface area contributed by atoms with Crippen LogP contribution in [0.25, 0.3) is 0 Å². The monoisotopic (exact) mass is 328 g/mol. The van der Waals surface area contributed by atoms with Crippen molar-refractivity contribution < 1.29 is 23.9 Å². The van der Waals surface area contributed by atoms with Crippen molar-refractivity contribution in [1.29, 1.82) is 0 Å². The number of esters is 1. The molecule has 7 nitrogen and oxygen atoms in total. The van der Waals surface area contributed by atoms with Crippen LogP contribution in [0, 0.1) is 0 Å². The number of benzene rings is 1. The molecule has 0 spiro atoms. The van der Waals surface area contributed by atoms with Gasteiger partial charge in [0.15, 0.2) is 6.61 Å². The number of primary amides is 1. The van der Waals surface area contributed by atoms with Crippen LogP contribution in [0.2, 0.25) is 5.02 Å². The molecule has 0 aromatic heterocycles. The fraction of sp³-hybridized carbons (Fsp3) is 0.357. The molecule has 1 aromatic rings. The molecule has 3 N–H and O–H groups in total. The molecule has 0 aliphatic carbocycles. The molecule has 8 heteroatoms. The highest BCUT2D eigenvalue weighted by atomic mass is 35.5. The van der Waals surface area contributed by atoms with Crippen LogP contribution in [0.3, 0.4) is 0 Å². The average molecular weight is 329 g/mol. The molecular formula is C14H17ClN2O5. The van der Waals surface area contributed by atoms with Gasteiger partial charge in [0, 0.05) is 13.3 Å². The first-order chi connectivity index (χ1) is 10.3. The predicted molar refractivity (Wildman–Crippen MR) is 79.5 cm³/mol. The maximum atomic E-state index is 11.6. The number of nitrogens with two attached hydrogens (primary N) is 1. The second-order valence-corrected chi connectivity index (χ2v) is 4.88. The van der Waals surface area contributed by atoms with Gasteiger partial charge in [-0.1, -0.05) is 17.7 Å². The first kappa shape index (κ1) is 17.8. The Labute approximate surface area is 132 Å². The Morgan fingerprint density at radius 2 is 2.05 bits per heavy atom. The molecule has 0 saturated carbocycles. The van der Waals surface area contributed by atoms with Gasteiger partial charge in [0.2, 0.25) is 5.91 Å². The Morgan fingerprint density at radius 1 is 1.36 bits per heavy atom. The standard InChI is InChI=1S/C14H17ClN2O5/c1-8(18)22-7-13(19)17-11(14(16)20)6-9-3-4-12(21-2)10(15)5-9/h3-5,11H,6-7H2,1-2H3,(H2,16,20)(H,17,19)/t11-/m1/s1. The Kier molecular flexibility index (Phi) is 6.65. The Balaban J connectivity index is 2.72. The Morgan fingerprint density at radius 3 is 2.55 bits per heavy atom. The van der Waals surface area contributed by atoms with E-state index in [1.165, 1.54) is 14.0 Å². The van der Waals surface area contributed by atoms with Crippen molar-refractivity contribution >= 4 is 29.4 Å². The number of rotatable bonds is 7. The van der Waals surface area contributed by atoms with Gasteiger partial charge in [0.1, 0.15) is 11.8 Å². The van der Waals surface area contributed by atoms with Crippen LogP contribution in [-0.2, 0) is 25.5 Å². The molecule has 1 rings (SSSR count). The minimum atomic E-state index is -0.937. The number of carbonyl (C=O) groups excluding carboxylic acids is 3. The molecule has 1 atom stereocenters. The summed E-state index contributed by atoms with van der Waals surface area (Å²) in [6.07, 6.45) is 0.158. The number of methoxy groups -OCH3 is 1. The fourth-order valence-corrected chi connectivity index (χ4v) is 1.98. The Bertz CT molecular complexity index is 576. The van der Waals surface area contributed by atoms with E-state index in [1.807, 2.05) is 0 Å². The van der Waals surface area contributed by atoms with Gasteiger partial charge in [-0.15, -0.1) is 0 Å². The zero-order valence-corrected chi connectivity index (χ0v) is 13.0. The summed E-state index contributed by atoms with van der Waals surface area (Å²) in [5.74, 6) is -1.41. The van der Waals surface area contributed by atoms with E-state index in [9.17, 15) is 14.4 Å². The number of carbonyl (C=O) groups is 3. The minimum absolute atomic E-state index is 0.158. The molecule has 2 amide bonds. The van der Waals surface area contributed by atoms with Crippen molar-refractivity contribution in [1.82, 2.24) is 5.32 Å². The maximum absolute atomic E-state index is 11.6. The van der Waals surface area contributed by atoms with Gasteiger partial charge in [-0.05, 0) is 17.7 Å². The highest BCUT2D eigenvalue weighted by Crippen LogP contribution is 2.25. The van der Waals surface area contributed by atoms with Gasteiger partial charge in [-0.2, -0.15) is 0 Å². The van der Waals surface area contributed by atoms with Crippen LogP contribution in [-0.4, -0.2) is 37.5 Å². The smallest absolute Gasteiger partial charge is 0.303 e. The van der Waals surface area contributed by atoms with Gasteiger partial charge < -0.3 is 20.5 Å². The third-order valence-electron chi connectivity index (χ3n) is 2.74. The number of nitrogens with one attached hydrogen (secondary N) is 1. The van der Waals surface area contributed by atoms with Crippen molar-refractivity contribution in [2.45, 2.75) is 19.4 Å². The highest BCUT2D eigenvalue weighted by Gasteiger charge is 2.19. The van der Waals surface area contributed by atoms with Crippen molar-refractivity contribution in [3.05, 3.63) is 28.8 Å². The highest BCUT2D eigenvalue weighted by molar-refractivity contribution is 6.32. The summed E-state index contributed by atoms with van der Waals surface area (Å²) in [5.41, 5.74) is 5.96. The molecule has 0 fully saturated rings. The van der Waals surface area contributed by atoms with Crippen LogP contribution < -0.4 is 15.8 Å². The third-order valence-corrected chi connectivity index (χ3v) is 3.04. The van der Waals surface area contributed by atoms with E-state index in [2.05, 4.69) is 10.1 Å². The lowest BCUT2D eigenvalue weighted by Gasteiger charge is -2.16. The molecular weight excluding hydrogens is 312 g/mol. The lowest BCUT2D eigenvalue weighted by Crippen LogP contribution is -2.47. The van der Waals surface area contributed by atoms with Crippen LogP contribution in [0.15, 0.2) is 18.2 Å². The van der Waals surface area contributed by atoms with Crippen LogP contribution in [0.5, 0.6) is 5.75 Å². The summed E-state index contributed by atoms with van der Waals surface area (Å²) < 4.78 is 9.57. The van der Waals surface area contributed by atoms with E-state index in [1.54, 1.807) is 18.2 Å². The van der Waals surface area contributed by atoms with Gasteiger partial charge in [0.25, 0.3) is 5.91 Å². The topological polar surface area (TPSA) is 108 Å². The molecule has 0 aliphatic heterocycles. The second kappa shape index (κ2) is 8.23. The second-order valence-electron chi connectivity index (χ2n) is 4.48. The van der Waals surface area contributed by atoms with E-state index in [4.69, 9.17) is 22.1 Å². The third kappa shape index (κ3) is 5.61. The quantitative estimate of drug-likeness (QED) is 0.705. The molecule has 0 bridgehead atoms. The summed E-state index contributed by atoms with van der Waals surface area (Å²) in [6.45, 7) is 0.709. The van der Waals surface area contributed by atoms with Crippen LogP contribution in [0.1, 0.15) is 12.5 Å². The van der Waals surface area contributed by atoms with Crippen LogP contribution >= 0.6 is 11.6 Å². The van der Waals surface area contributed by atoms with E-state index < -0.39 is 30.4 Å². The molecule has 120 valence electrons. The fourth-order valence-electron chi connectivity index (χ4n) is 1.70. The molecule has 0 aliphatic rings. The van der Waals surface area contributed by atoms with Gasteiger partial charge in [-0.25, -0.2) is 0 Å². The number of amides is 2. The summed E-state index contributed by atoms with van der Waals surface area (Å²) in [7, 11) is 1.49. The van der Waals surface area contributed by atoms with Gasteiger partial charge in [-0.3, -0.25) is 14.4 Å². The Hall–Kier alpha value is -2.28. The van der Waals surface area contributed by atoms with Crippen molar-refractivity contribution in [3.8, 4) is 5.75 Å². The van der Waals surface area contributed by atoms with E-state index in [-0.39, 0.29) is 6.42 Å². The van der Waals surface area contributed by atoms with Crippen molar-refractivity contribution in [3.63, 3.8) is 0 Å². The largest absolute Gasteiger partial charge is 0.495 e. The molecule has 0 heterocycles. The van der Waals surface area contributed by atoms with E-state index >= 15 is 0 Å². The molecule has 0 unspecified atom stereocenters. The lowest BCUT2D eigenvalue weighted by atomic mass is 10.1. The summed E-state index contributed by atoms with van der Waals surface area (Å²) in [5, 5.41) is 2.79. The SMILES string of the molecule is COc1ccc(C[C@@H](NC(=O)COC(C)=O)C(N)=O)cc1Cl. The van der Waals surface area contributed by atoms with E-state index in [0.717, 1.165) is 0 Å². The zero-order chi connectivity index (χ0) is 16.7. The van der Waals surface area contributed by atoms with Crippen LogP contribution in [0.4, 0.5) is 0 Å². The van der Waals surface area contributed by atoms with Crippen molar-refractivity contribution in [2.24, 2.45) is 5.73 Å². The summed E-state index contributed by atoms with van der Waals surface area (Å²) in [6, 6.07) is 4.04. The minimum Gasteiger partial charge on any atom is -0.495 e. The number of hydrogen-bond acceptors (Lipinski definition) is 5. The number of halogens is 1. The van der Waals surface area contributed by atoms with E-state index in [0.29, 0.717) is 16.3 Å². The number of hydrogen-bond donors (Lipinski definition) is 2. The van der Waals surface area contributed by atoms with Crippen molar-refractivity contribution in [2.75, 3.05) is 13.7 Å². The first-order valence-corrected chi connectivity index (χ1v) is 6.75. The van der Waals surface area contributed by atoms with Gasteiger partial charge >= 0.3 is 5.97 Å². The lowest BCUT2D eigenvalue weighted by molar-refractivity contribution is -0.146. The normalized spacial score (nSPS) is 11.4. The average Bonchev–Trinajstić information content (AvgIpc) is 2.44. The first-order valence-electron chi connectivity index (χ1n) is 6.38. The summed E-state index contributed by atoms with van der Waals surface area (Å²) >= 11 is 6.00. The summed E-state index contributed by atoms with van der Waals surface area (Å²) in [4.78, 5) is 33.6. The molecule has 0 saturated heterocycles. The maximum Gasteiger partial charge on any atom is 0.303 e. The van der Waals surface area contributed by atoms with Gasteiger partial charge in [0.05, 0.1) is 12.1 Å². The molecule has 1 aromatic carbocycles. The zero-order valence-electron chi connectivity index (χ0n) is 12.2. The predicted octanol–water partition coefficient (Wildman–Crippen LogP) is 0.424. The molecule has 0 radical (unpaired) electrons. The number of ether oxygens (including phenoxy) is 2.